The van der Waals surface area contributed by atoms with E-state index in [1.54, 1.807) is 18.2 Å². The van der Waals surface area contributed by atoms with Gasteiger partial charge in [-0.05, 0) is 36.6 Å². The fraction of sp³-hybridized carbons (Fsp3) is 0.412. The van der Waals surface area contributed by atoms with E-state index in [9.17, 15) is 9.59 Å². The Morgan fingerprint density at radius 2 is 2.17 bits per heavy atom. The molecular formula is C17H20ClNO4S. The van der Waals surface area contributed by atoms with Gasteiger partial charge in [-0.25, -0.2) is 9.59 Å². The Balaban J connectivity index is 2.40. The molecule has 0 bridgehead atoms. The molecule has 1 N–H and O–H groups in total. The molecule has 0 aromatic heterocycles. The summed E-state index contributed by atoms with van der Waals surface area (Å²) in [7, 11) is 1.33. The van der Waals surface area contributed by atoms with Crippen LogP contribution in [0.25, 0.3) is 0 Å². The summed E-state index contributed by atoms with van der Waals surface area (Å²) in [6, 6.07) is 6.43. The zero-order valence-corrected chi connectivity index (χ0v) is 15.0. The third kappa shape index (κ3) is 4.53. The smallest absolute Gasteiger partial charge is 0.328 e. The summed E-state index contributed by atoms with van der Waals surface area (Å²) >= 11 is 10.8. The maximum atomic E-state index is 12.4. The van der Waals surface area contributed by atoms with Gasteiger partial charge in [-0.2, -0.15) is 12.6 Å². The number of thiol groups is 1. The summed E-state index contributed by atoms with van der Waals surface area (Å²) in [4.78, 5) is 25.4. The molecule has 1 aromatic rings. The molecule has 0 amide bonds. The number of esters is 1. The molecule has 2 atom stereocenters. The van der Waals surface area contributed by atoms with Crippen LogP contribution < -0.4 is 0 Å². The number of likely N-dealkylation sites (tertiary alicyclic amines) is 1. The summed E-state index contributed by atoms with van der Waals surface area (Å²) in [6.07, 6.45) is 2.72. The fourth-order valence-corrected chi connectivity index (χ4v) is 3.47. The van der Waals surface area contributed by atoms with Gasteiger partial charge in [0.1, 0.15) is 6.04 Å². The van der Waals surface area contributed by atoms with Gasteiger partial charge in [0, 0.05) is 22.9 Å². The number of aliphatic carboxylic acids is 1. The highest BCUT2D eigenvalue weighted by Gasteiger charge is 2.33. The molecule has 7 heteroatoms. The van der Waals surface area contributed by atoms with Crippen molar-refractivity contribution in [1.82, 2.24) is 4.90 Å². The molecular weight excluding hydrogens is 350 g/mol. The maximum absolute atomic E-state index is 12.4. The fourth-order valence-electron chi connectivity index (χ4n) is 2.89. The summed E-state index contributed by atoms with van der Waals surface area (Å²) in [5, 5.41) is 9.41. The molecule has 130 valence electrons. The Labute approximate surface area is 151 Å². The third-order valence-corrected chi connectivity index (χ3v) is 4.97. The first-order valence-corrected chi connectivity index (χ1v) is 8.51. The second kappa shape index (κ2) is 8.55. The lowest BCUT2D eigenvalue weighted by Gasteiger charge is -2.30. The van der Waals surface area contributed by atoms with Gasteiger partial charge in [-0.1, -0.05) is 29.8 Å². The number of carboxylic acid groups (broad SMARTS) is 1. The number of methoxy groups -OCH3 is 1. The van der Waals surface area contributed by atoms with Crippen LogP contribution in [0, 0.1) is 0 Å². The van der Waals surface area contributed by atoms with Crippen molar-refractivity contribution in [1.29, 1.82) is 0 Å². The van der Waals surface area contributed by atoms with E-state index < -0.39 is 18.0 Å². The third-order valence-electron chi connectivity index (χ3n) is 4.03. The Kier molecular flexibility index (Phi) is 6.71. The van der Waals surface area contributed by atoms with E-state index in [4.69, 9.17) is 21.4 Å². The molecule has 0 spiro atoms. The molecule has 0 saturated carbocycles. The van der Waals surface area contributed by atoms with Crippen molar-refractivity contribution >= 4 is 36.2 Å². The second-order valence-electron chi connectivity index (χ2n) is 5.63. The lowest BCUT2D eigenvalue weighted by atomic mass is 10.0. The number of ether oxygens (including phenoxy) is 1. The molecule has 1 aliphatic rings. The largest absolute Gasteiger partial charge is 0.478 e. The highest BCUT2D eigenvalue weighted by Crippen LogP contribution is 2.32. The van der Waals surface area contributed by atoms with Gasteiger partial charge in [-0.3, -0.25) is 4.90 Å². The Morgan fingerprint density at radius 3 is 2.79 bits per heavy atom. The molecule has 5 nitrogen and oxygen atoms in total. The Bertz CT molecular complexity index is 649. The number of carboxylic acids is 1. The van der Waals surface area contributed by atoms with Crippen LogP contribution >= 0.6 is 24.2 Å². The predicted octanol–water partition coefficient (Wildman–Crippen LogP) is 2.96. The summed E-state index contributed by atoms with van der Waals surface area (Å²) < 4.78 is 4.96. The summed E-state index contributed by atoms with van der Waals surface area (Å²) in [5.41, 5.74) is 1.32. The van der Waals surface area contributed by atoms with Crippen LogP contribution in [-0.4, -0.2) is 47.4 Å². The molecule has 0 unspecified atom stereocenters. The molecule has 1 saturated heterocycles. The molecule has 1 fully saturated rings. The molecule has 24 heavy (non-hydrogen) atoms. The van der Waals surface area contributed by atoms with E-state index in [2.05, 4.69) is 12.6 Å². The minimum atomic E-state index is -1.02. The van der Waals surface area contributed by atoms with Gasteiger partial charge >= 0.3 is 11.9 Å². The Morgan fingerprint density at radius 1 is 1.46 bits per heavy atom. The van der Waals surface area contributed by atoms with Gasteiger partial charge in [0.2, 0.25) is 0 Å². The molecule has 1 aliphatic heterocycles. The Hall–Kier alpha value is -1.50. The number of carbonyl (C=O) groups excluding carboxylic acids is 1. The lowest BCUT2D eigenvalue weighted by molar-refractivity contribution is -0.147. The van der Waals surface area contributed by atoms with Gasteiger partial charge in [0.25, 0.3) is 0 Å². The van der Waals surface area contributed by atoms with Crippen molar-refractivity contribution in [2.24, 2.45) is 0 Å². The molecule has 1 aromatic carbocycles. The molecule has 0 radical (unpaired) electrons. The topological polar surface area (TPSA) is 66.8 Å². The first-order valence-electron chi connectivity index (χ1n) is 7.61. The summed E-state index contributed by atoms with van der Waals surface area (Å²) in [5.74, 6) is -1.44. The van der Waals surface area contributed by atoms with Crippen molar-refractivity contribution in [2.45, 2.75) is 24.1 Å². The monoisotopic (exact) mass is 369 g/mol. The molecule has 0 aliphatic carbocycles. The predicted molar refractivity (Wildman–Crippen MR) is 95.5 cm³/mol. The van der Waals surface area contributed by atoms with E-state index in [0.29, 0.717) is 29.2 Å². The second-order valence-corrected chi connectivity index (χ2v) is 6.66. The number of hydrogen-bond acceptors (Lipinski definition) is 5. The lowest BCUT2D eigenvalue weighted by Crippen LogP contribution is -2.36. The number of hydrogen-bond donors (Lipinski definition) is 2. The van der Waals surface area contributed by atoms with Crippen LogP contribution in [0.2, 0.25) is 5.02 Å². The van der Waals surface area contributed by atoms with Crippen LogP contribution in [0.5, 0.6) is 0 Å². The normalized spacial score (nSPS) is 22.0. The molecule has 2 rings (SSSR count). The minimum absolute atomic E-state index is 0.143. The zero-order chi connectivity index (χ0) is 17.7. The van der Waals surface area contributed by atoms with E-state index in [1.165, 1.54) is 13.2 Å². The highest BCUT2D eigenvalue weighted by atomic mass is 35.5. The number of carbonyl (C=O) groups is 2. The zero-order valence-electron chi connectivity index (χ0n) is 13.3. The first kappa shape index (κ1) is 18.8. The van der Waals surface area contributed by atoms with Gasteiger partial charge in [-0.15, -0.1) is 0 Å². The van der Waals surface area contributed by atoms with Crippen molar-refractivity contribution in [3.05, 3.63) is 46.5 Å². The van der Waals surface area contributed by atoms with Crippen LogP contribution in [0.3, 0.4) is 0 Å². The highest BCUT2D eigenvalue weighted by molar-refractivity contribution is 7.81. The summed E-state index contributed by atoms with van der Waals surface area (Å²) in [6.45, 7) is 0.949. The van der Waals surface area contributed by atoms with Gasteiger partial charge in [0.05, 0.1) is 7.11 Å². The van der Waals surface area contributed by atoms with Gasteiger partial charge in [0.15, 0.2) is 0 Å². The van der Waals surface area contributed by atoms with Crippen molar-refractivity contribution in [3.8, 4) is 0 Å². The maximum Gasteiger partial charge on any atom is 0.328 e. The van der Waals surface area contributed by atoms with Crippen LogP contribution in [0.15, 0.2) is 35.9 Å². The minimum Gasteiger partial charge on any atom is -0.478 e. The van der Waals surface area contributed by atoms with Crippen molar-refractivity contribution in [3.63, 3.8) is 0 Å². The number of halogens is 1. The first-order chi connectivity index (χ1) is 11.4. The number of nitrogens with zero attached hydrogens (tertiary/aromatic N) is 1. The van der Waals surface area contributed by atoms with E-state index >= 15 is 0 Å². The number of rotatable bonds is 4. The van der Waals surface area contributed by atoms with Crippen molar-refractivity contribution < 1.29 is 19.4 Å². The average Bonchev–Trinajstić information content (AvgIpc) is 2.71. The van der Waals surface area contributed by atoms with Crippen LogP contribution in [-0.2, 0) is 14.3 Å². The van der Waals surface area contributed by atoms with Crippen LogP contribution in [0.1, 0.15) is 24.4 Å². The average molecular weight is 370 g/mol. The van der Waals surface area contributed by atoms with E-state index in [1.807, 2.05) is 11.0 Å². The quantitative estimate of drug-likeness (QED) is 0.485. The molecule has 1 heterocycles. The van der Waals surface area contributed by atoms with Crippen LogP contribution in [0.4, 0.5) is 0 Å². The van der Waals surface area contributed by atoms with Crippen molar-refractivity contribution in [2.75, 3.05) is 20.2 Å². The standard InChI is InChI=1S/C17H20ClNO4S/c1-23-17(22)16(12-5-2-3-6-13(12)18)19-8-4-7-14(24)11(10-19)9-15(20)21/h2-3,5-6,9,14,16,24H,4,7-8,10H2,1H3,(H,20,21)/b11-9+/t14-,16+/m1/s1. The van der Waals surface area contributed by atoms with Gasteiger partial charge < -0.3 is 9.84 Å². The van der Waals surface area contributed by atoms with E-state index in [0.717, 1.165) is 12.8 Å². The SMILES string of the molecule is COC(=O)[C@H](c1ccccc1Cl)N1CCC[C@@H](S)/C(=C/C(=O)O)C1. The number of benzene rings is 1. The van der Waals surface area contributed by atoms with E-state index in [-0.39, 0.29) is 5.25 Å².